The molecule has 1 unspecified atom stereocenters. The zero-order chi connectivity index (χ0) is 31.6. The van der Waals surface area contributed by atoms with Crippen molar-refractivity contribution in [1.29, 1.82) is 0 Å². The van der Waals surface area contributed by atoms with Gasteiger partial charge in [0.05, 0.1) is 0 Å². The molecule has 0 saturated carbocycles. The smallest absolute Gasteiger partial charge is 0.170 e. The van der Waals surface area contributed by atoms with Crippen molar-refractivity contribution in [3.63, 3.8) is 0 Å². The number of hydrogen-bond acceptors (Lipinski definition) is 5. The van der Waals surface area contributed by atoms with Crippen molar-refractivity contribution in [2.75, 3.05) is 0 Å². The van der Waals surface area contributed by atoms with E-state index >= 15 is 0 Å². The fraction of sp³-hybridized carbons (Fsp3) is 0.0233. The number of para-hydroxylation sites is 1. The third-order valence-electron chi connectivity index (χ3n) is 9.32. The first-order chi connectivity index (χ1) is 23.8. The van der Waals surface area contributed by atoms with E-state index in [0.29, 0.717) is 0 Å². The van der Waals surface area contributed by atoms with Gasteiger partial charge in [-0.3, -0.25) is 0 Å². The van der Waals surface area contributed by atoms with E-state index in [1.807, 2.05) is 54.6 Å². The number of furan rings is 2. The third-order valence-corrected chi connectivity index (χ3v) is 9.32. The molecule has 0 fully saturated rings. The molecule has 9 aromatic rings. The van der Waals surface area contributed by atoms with E-state index in [0.717, 1.165) is 83.4 Å². The van der Waals surface area contributed by atoms with E-state index < -0.39 is 6.17 Å². The van der Waals surface area contributed by atoms with Crippen LogP contribution in [0.4, 0.5) is 0 Å². The van der Waals surface area contributed by atoms with Gasteiger partial charge in [-0.05, 0) is 52.7 Å². The molecule has 226 valence electrons. The normalized spacial score (nSPS) is 14.9. The number of benzene rings is 7. The molecule has 1 atom stereocenters. The van der Waals surface area contributed by atoms with Crippen LogP contribution in [0, 0.1) is 0 Å². The molecule has 2 aromatic heterocycles. The van der Waals surface area contributed by atoms with Crippen LogP contribution in [0.3, 0.4) is 0 Å². The van der Waals surface area contributed by atoms with E-state index in [9.17, 15) is 0 Å². The van der Waals surface area contributed by atoms with Crippen molar-refractivity contribution in [2.24, 2.45) is 9.98 Å². The Hall–Kier alpha value is -6.46. The second kappa shape index (κ2) is 10.5. The van der Waals surface area contributed by atoms with Crippen molar-refractivity contribution in [2.45, 2.75) is 6.17 Å². The highest BCUT2D eigenvalue weighted by Gasteiger charge is 2.25. The molecule has 1 N–H and O–H groups in total. The highest BCUT2D eigenvalue weighted by molar-refractivity contribution is 6.21. The number of fused-ring (bicyclic) bond motifs is 7. The number of rotatable bonds is 4. The molecule has 7 aromatic carbocycles. The first kappa shape index (κ1) is 26.7. The van der Waals surface area contributed by atoms with Crippen LogP contribution in [0.25, 0.3) is 65.8 Å². The van der Waals surface area contributed by atoms with Crippen molar-refractivity contribution < 1.29 is 8.83 Å². The highest BCUT2D eigenvalue weighted by atomic mass is 16.3. The standard InChI is InChI=1S/C43H27N3O2/c1-3-12-26(13-4-1)38-30-17-8-7-16-28(30)24-34-33-25-29(22-23-36(33)48-40(34)38)42-44-41(27-14-5-2-6-15-27)45-43(46-42)32-19-11-21-37-39(32)31-18-9-10-20-35(31)47-37/h1-25,43H,(H,44,45,46). The molecular weight excluding hydrogens is 590 g/mol. The molecule has 0 spiro atoms. The fourth-order valence-corrected chi connectivity index (χ4v) is 7.11. The summed E-state index contributed by atoms with van der Waals surface area (Å²) in [6.45, 7) is 0. The van der Waals surface area contributed by atoms with Crippen molar-refractivity contribution in [1.82, 2.24) is 5.32 Å². The number of aliphatic imine (C=N–C) groups is 2. The molecule has 0 bridgehead atoms. The predicted octanol–water partition coefficient (Wildman–Crippen LogP) is 10.8. The highest BCUT2D eigenvalue weighted by Crippen LogP contribution is 2.42. The van der Waals surface area contributed by atoms with E-state index in [1.165, 1.54) is 10.8 Å². The lowest BCUT2D eigenvalue weighted by Crippen LogP contribution is -2.36. The summed E-state index contributed by atoms with van der Waals surface area (Å²) in [5, 5.41) is 10.1. The number of hydrogen-bond donors (Lipinski definition) is 1. The monoisotopic (exact) mass is 617 g/mol. The van der Waals surface area contributed by atoms with Gasteiger partial charge in [0.15, 0.2) is 6.17 Å². The molecule has 0 aliphatic carbocycles. The van der Waals surface area contributed by atoms with Gasteiger partial charge in [0.1, 0.15) is 34.0 Å². The Morgan fingerprint density at radius 1 is 0.458 bits per heavy atom. The summed E-state index contributed by atoms with van der Waals surface area (Å²) in [5.74, 6) is 1.52. The molecule has 48 heavy (non-hydrogen) atoms. The maximum absolute atomic E-state index is 6.66. The summed E-state index contributed by atoms with van der Waals surface area (Å²) in [6.07, 6.45) is -0.480. The minimum Gasteiger partial charge on any atom is -0.456 e. The fourth-order valence-electron chi connectivity index (χ4n) is 7.11. The molecule has 5 nitrogen and oxygen atoms in total. The Labute approximate surface area is 275 Å². The van der Waals surface area contributed by atoms with Gasteiger partial charge in [-0.2, -0.15) is 0 Å². The van der Waals surface area contributed by atoms with E-state index in [4.69, 9.17) is 18.8 Å². The van der Waals surface area contributed by atoms with Crippen LogP contribution in [0.1, 0.15) is 22.9 Å². The lowest BCUT2D eigenvalue weighted by atomic mass is 9.95. The summed E-state index contributed by atoms with van der Waals surface area (Å²) < 4.78 is 12.9. The SMILES string of the molecule is c1ccc(C2=NC(c3cccc4oc5ccccc5c34)N=C(c3ccc4oc5c(-c6ccccc6)c6ccccc6cc5c4c3)N2)cc1. The Morgan fingerprint density at radius 2 is 1.12 bits per heavy atom. The largest absolute Gasteiger partial charge is 0.456 e. The second-order valence-corrected chi connectivity index (χ2v) is 12.2. The molecule has 3 heterocycles. The first-order valence-electron chi connectivity index (χ1n) is 16.1. The maximum atomic E-state index is 6.66. The lowest BCUT2D eigenvalue weighted by Gasteiger charge is -2.22. The summed E-state index contributed by atoms with van der Waals surface area (Å²) in [6, 6.07) is 52.1. The average molecular weight is 618 g/mol. The van der Waals surface area contributed by atoms with Crippen molar-refractivity contribution in [3.05, 3.63) is 168 Å². The number of nitrogens with zero attached hydrogens (tertiary/aromatic N) is 2. The first-order valence-corrected chi connectivity index (χ1v) is 16.1. The van der Waals surface area contributed by atoms with E-state index in [2.05, 4.69) is 102 Å². The van der Waals surface area contributed by atoms with Gasteiger partial charge in [0.2, 0.25) is 0 Å². The van der Waals surface area contributed by atoms with Gasteiger partial charge in [-0.1, -0.05) is 115 Å². The minimum atomic E-state index is -0.480. The predicted molar refractivity (Wildman–Crippen MR) is 196 cm³/mol. The molecule has 0 saturated heterocycles. The van der Waals surface area contributed by atoms with Gasteiger partial charge >= 0.3 is 0 Å². The van der Waals surface area contributed by atoms with Crippen LogP contribution >= 0.6 is 0 Å². The van der Waals surface area contributed by atoms with Crippen LogP contribution < -0.4 is 5.32 Å². The quantitative estimate of drug-likeness (QED) is 0.214. The molecule has 5 heteroatoms. The summed E-state index contributed by atoms with van der Waals surface area (Å²) in [4.78, 5) is 10.4. The van der Waals surface area contributed by atoms with Gasteiger partial charge in [0, 0.05) is 43.8 Å². The van der Waals surface area contributed by atoms with Gasteiger partial charge in [0.25, 0.3) is 0 Å². The van der Waals surface area contributed by atoms with Crippen molar-refractivity contribution >= 4 is 66.3 Å². The van der Waals surface area contributed by atoms with Crippen LogP contribution in [-0.4, -0.2) is 11.7 Å². The molecule has 1 aliphatic rings. The maximum Gasteiger partial charge on any atom is 0.170 e. The average Bonchev–Trinajstić information content (AvgIpc) is 3.72. The number of amidine groups is 2. The zero-order valence-electron chi connectivity index (χ0n) is 25.7. The van der Waals surface area contributed by atoms with Gasteiger partial charge < -0.3 is 14.2 Å². The molecule has 0 amide bonds. The summed E-state index contributed by atoms with van der Waals surface area (Å²) >= 11 is 0. The Bertz CT molecular complexity index is 2760. The van der Waals surface area contributed by atoms with E-state index in [1.54, 1.807) is 0 Å². The Kier molecular flexibility index (Phi) is 5.87. The molecule has 10 rings (SSSR count). The minimum absolute atomic E-state index is 0.480. The van der Waals surface area contributed by atoms with Crippen LogP contribution in [-0.2, 0) is 0 Å². The van der Waals surface area contributed by atoms with E-state index in [-0.39, 0.29) is 0 Å². The van der Waals surface area contributed by atoms with Crippen LogP contribution in [0.5, 0.6) is 0 Å². The lowest BCUT2D eigenvalue weighted by molar-refractivity contribution is 0.667. The summed E-state index contributed by atoms with van der Waals surface area (Å²) in [5.41, 5.74) is 8.58. The Morgan fingerprint density at radius 3 is 1.96 bits per heavy atom. The van der Waals surface area contributed by atoms with Crippen LogP contribution in [0.15, 0.2) is 170 Å². The Balaban J connectivity index is 1.18. The zero-order valence-corrected chi connectivity index (χ0v) is 25.7. The molecular formula is C43H27N3O2. The molecule has 1 aliphatic heterocycles. The van der Waals surface area contributed by atoms with Crippen LogP contribution in [0.2, 0.25) is 0 Å². The third kappa shape index (κ3) is 4.18. The van der Waals surface area contributed by atoms with Gasteiger partial charge in [-0.15, -0.1) is 0 Å². The van der Waals surface area contributed by atoms with Gasteiger partial charge in [-0.25, -0.2) is 9.98 Å². The topological polar surface area (TPSA) is 63.0 Å². The summed E-state index contributed by atoms with van der Waals surface area (Å²) in [7, 11) is 0. The molecule has 0 radical (unpaired) electrons. The second-order valence-electron chi connectivity index (χ2n) is 12.2. The number of nitrogens with one attached hydrogen (secondary N) is 1. The van der Waals surface area contributed by atoms with Crippen molar-refractivity contribution in [3.8, 4) is 11.1 Å².